The Morgan fingerprint density at radius 3 is 2.81 bits per heavy atom. The molecular formula is C14H17FN2O4. The maximum Gasteiger partial charge on any atom is 0.338 e. The van der Waals surface area contributed by atoms with Crippen molar-refractivity contribution in [2.75, 3.05) is 25.1 Å². The van der Waals surface area contributed by atoms with E-state index < -0.39 is 17.3 Å². The Hall–Kier alpha value is -1.99. The summed E-state index contributed by atoms with van der Waals surface area (Å²) < 4.78 is 18.8. The van der Waals surface area contributed by atoms with E-state index >= 15 is 0 Å². The summed E-state index contributed by atoms with van der Waals surface area (Å²) in [5.74, 6) is -2.86. The van der Waals surface area contributed by atoms with Crippen LogP contribution in [0.4, 0.5) is 10.1 Å². The molecule has 1 fully saturated rings. The minimum Gasteiger partial charge on any atom is -0.478 e. The van der Waals surface area contributed by atoms with E-state index in [1.165, 1.54) is 6.07 Å². The van der Waals surface area contributed by atoms with Gasteiger partial charge in [-0.3, -0.25) is 4.79 Å². The minimum absolute atomic E-state index is 0.0712. The van der Waals surface area contributed by atoms with E-state index in [4.69, 9.17) is 9.84 Å². The highest BCUT2D eigenvalue weighted by atomic mass is 19.1. The molecule has 0 radical (unpaired) electrons. The number of nitrogens with one attached hydrogen (secondary N) is 2. The SMILES string of the molecule is CCNC1COCC1C(=O)Nc1ccc(C(=O)O)c(F)c1. The molecule has 21 heavy (non-hydrogen) atoms. The van der Waals surface area contributed by atoms with Crippen LogP contribution in [0, 0.1) is 11.7 Å². The lowest BCUT2D eigenvalue weighted by molar-refractivity contribution is -0.120. The summed E-state index contributed by atoms with van der Waals surface area (Å²) in [6, 6.07) is 3.42. The van der Waals surface area contributed by atoms with Crippen LogP contribution < -0.4 is 10.6 Å². The van der Waals surface area contributed by atoms with Gasteiger partial charge in [-0.1, -0.05) is 6.92 Å². The van der Waals surface area contributed by atoms with Crippen molar-refractivity contribution in [3.8, 4) is 0 Å². The molecule has 1 aliphatic heterocycles. The van der Waals surface area contributed by atoms with Gasteiger partial charge in [0.1, 0.15) is 5.82 Å². The zero-order valence-corrected chi connectivity index (χ0v) is 11.6. The Labute approximate surface area is 121 Å². The number of carbonyl (C=O) groups excluding carboxylic acids is 1. The van der Waals surface area contributed by atoms with Crippen molar-refractivity contribution in [2.45, 2.75) is 13.0 Å². The fourth-order valence-corrected chi connectivity index (χ4v) is 2.28. The number of benzene rings is 1. The van der Waals surface area contributed by atoms with Crippen molar-refractivity contribution in [1.29, 1.82) is 0 Å². The highest BCUT2D eigenvalue weighted by molar-refractivity contribution is 5.94. The number of aromatic carboxylic acids is 1. The summed E-state index contributed by atoms with van der Waals surface area (Å²) in [5, 5.41) is 14.5. The Kier molecular flexibility index (Phi) is 4.87. The molecule has 1 heterocycles. The molecule has 2 atom stereocenters. The Morgan fingerprint density at radius 1 is 1.43 bits per heavy atom. The third-order valence-corrected chi connectivity index (χ3v) is 3.35. The van der Waals surface area contributed by atoms with Crippen LogP contribution in [-0.4, -0.2) is 42.8 Å². The maximum absolute atomic E-state index is 13.6. The summed E-state index contributed by atoms with van der Waals surface area (Å²) in [5.41, 5.74) is -0.202. The van der Waals surface area contributed by atoms with E-state index in [1.807, 2.05) is 6.92 Å². The topological polar surface area (TPSA) is 87.7 Å². The zero-order valence-electron chi connectivity index (χ0n) is 11.6. The zero-order chi connectivity index (χ0) is 15.4. The van der Waals surface area contributed by atoms with Crippen molar-refractivity contribution in [3.05, 3.63) is 29.6 Å². The van der Waals surface area contributed by atoms with E-state index in [0.29, 0.717) is 13.2 Å². The first-order chi connectivity index (χ1) is 10.0. The highest BCUT2D eigenvalue weighted by Crippen LogP contribution is 2.19. The number of ether oxygens (including phenoxy) is 1. The third kappa shape index (κ3) is 3.56. The number of carboxylic acids is 1. The van der Waals surface area contributed by atoms with E-state index in [2.05, 4.69) is 10.6 Å². The smallest absolute Gasteiger partial charge is 0.338 e. The van der Waals surface area contributed by atoms with E-state index in [9.17, 15) is 14.0 Å². The van der Waals surface area contributed by atoms with Gasteiger partial charge in [-0.2, -0.15) is 0 Å². The summed E-state index contributed by atoms with van der Waals surface area (Å²) >= 11 is 0. The molecule has 2 unspecified atom stereocenters. The fourth-order valence-electron chi connectivity index (χ4n) is 2.28. The lowest BCUT2D eigenvalue weighted by Crippen LogP contribution is -2.41. The highest BCUT2D eigenvalue weighted by Gasteiger charge is 2.33. The van der Waals surface area contributed by atoms with Crippen LogP contribution >= 0.6 is 0 Å². The van der Waals surface area contributed by atoms with Gasteiger partial charge in [-0.05, 0) is 24.7 Å². The summed E-state index contributed by atoms with van der Waals surface area (Å²) in [7, 11) is 0. The van der Waals surface area contributed by atoms with Crippen molar-refractivity contribution in [1.82, 2.24) is 5.32 Å². The number of carboxylic acid groups (broad SMARTS) is 1. The van der Waals surface area contributed by atoms with Gasteiger partial charge in [0.2, 0.25) is 5.91 Å². The van der Waals surface area contributed by atoms with Gasteiger partial charge >= 0.3 is 5.97 Å². The molecule has 2 rings (SSSR count). The van der Waals surface area contributed by atoms with Gasteiger partial charge in [0.15, 0.2) is 0 Å². The van der Waals surface area contributed by atoms with Crippen molar-refractivity contribution >= 4 is 17.6 Å². The maximum atomic E-state index is 13.6. The molecule has 6 nitrogen and oxygen atoms in total. The molecule has 1 saturated heterocycles. The van der Waals surface area contributed by atoms with Gasteiger partial charge in [0, 0.05) is 11.7 Å². The predicted octanol–water partition coefficient (Wildman–Crippen LogP) is 1.09. The second-order valence-corrected chi connectivity index (χ2v) is 4.80. The average molecular weight is 296 g/mol. The monoisotopic (exact) mass is 296 g/mol. The molecule has 1 aliphatic rings. The molecule has 0 aliphatic carbocycles. The summed E-state index contributed by atoms with van der Waals surface area (Å²) in [4.78, 5) is 22.9. The van der Waals surface area contributed by atoms with Crippen LogP contribution in [-0.2, 0) is 9.53 Å². The van der Waals surface area contributed by atoms with Crippen LogP contribution in [0.2, 0.25) is 0 Å². The minimum atomic E-state index is -1.35. The van der Waals surface area contributed by atoms with E-state index in [1.54, 1.807) is 0 Å². The van der Waals surface area contributed by atoms with Crippen molar-refractivity contribution in [2.24, 2.45) is 5.92 Å². The second kappa shape index (κ2) is 6.64. The number of halogens is 1. The molecule has 0 spiro atoms. The summed E-state index contributed by atoms with van der Waals surface area (Å²) in [6.45, 7) is 3.42. The quantitative estimate of drug-likeness (QED) is 0.757. The van der Waals surface area contributed by atoms with E-state index in [-0.39, 0.29) is 23.6 Å². The fraction of sp³-hybridized carbons (Fsp3) is 0.429. The lowest BCUT2D eigenvalue weighted by atomic mass is 10.0. The predicted molar refractivity (Wildman–Crippen MR) is 73.8 cm³/mol. The number of anilines is 1. The molecule has 1 aromatic rings. The molecule has 7 heteroatoms. The first kappa shape index (κ1) is 15.4. The first-order valence-electron chi connectivity index (χ1n) is 6.67. The molecule has 3 N–H and O–H groups in total. The Morgan fingerprint density at radius 2 is 2.19 bits per heavy atom. The number of carbonyl (C=O) groups is 2. The summed E-state index contributed by atoms with van der Waals surface area (Å²) in [6.07, 6.45) is 0. The largest absolute Gasteiger partial charge is 0.478 e. The number of hydrogen-bond donors (Lipinski definition) is 3. The van der Waals surface area contributed by atoms with Crippen LogP contribution in [0.3, 0.4) is 0 Å². The Bertz CT molecular complexity index is 550. The molecule has 1 aromatic carbocycles. The lowest BCUT2D eigenvalue weighted by Gasteiger charge is -2.17. The van der Waals surface area contributed by atoms with Crippen LogP contribution in [0.5, 0.6) is 0 Å². The molecule has 114 valence electrons. The number of rotatable bonds is 5. The Balaban J connectivity index is 2.06. The van der Waals surface area contributed by atoms with E-state index in [0.717, 1.165) is 18.7 Å². The molecule has 0 saturated carbocycles. The third-order valence-electron chi connectivity index (χ3n) is 3.35. The number of likely N-dealkylation sites (N-methyl/N-ethyl adjacent to an activating group) is 1. The standard InChI is InChI=1S/C14H17FN2O4/c1-2-16-12-7-21-6-10(12)13(18)17-8-3-4-9(14(19)20)11(15)5-8/h3-5,10,12,16H,2,6-7H2,1H3,(H,17,18)(H,19,20). The van der Waals surface area contributed by atoms with Gasteiger partial charge in [0.25, 0.3) is 0 Å². The van der Waals surface area contributed by atoms with Gasteiger partial charge in [-0.15, -0.1) is 0 Å². The first-order valence-corrected chi connectivity index (χ1v) is 6.67. The van der Waals surface area contributed by atoms with Crippen molar-refractivity contribution < 1.29 is 23.8 Å². The molecule has 0 bridgehead atoms. The normalized spacial score (nSPS) is 21.2. The molecule has 0 aromatic heterocycles. The van der Waals surface area contributed by atoms with Crippen LogP contribution in [0.15, 0.2) is 18.2 Å². The van der Waals surface area contributed by atoms with Crippen LogP contribution in [0.25, 0.3) is 0 Å². The number of hydrogen-bond acceptors (Lipinski definition) is 4. The molecular weight excluding hydrogens is 279 g/mol. The van der Waals surface area contributed by atoms with Gasteiger partial charge < -0.3 is 20.5 Å². The van der Waals surface area contributed by atoms with Crippen LogP contribution in [0.1, 0.15) is 17.3 Å². The molecule has 1 amide bonds. The van der Waals surface area contributed by atoms with Gasteiger partial charge in [-0.25, -0.2) is 9.18 Å². The second-order valence-electron chi connectivity index (χ2n) is 4.80. The number of amides is 1. The average Bonchev–Trinajstić information content (AvgIpc) is 2.87. The van der Waals surface area contributed by atoms with Gasteiger partial charge in [0.05, 0.1) is 24.7 Å². The van der Waals surface area contributed by atoms with Crippen molar-refractivity contribution in [3.63, 3.8) is 0 Å².